The van der Waals surface area contributed by atoms with Gasteiger partial charge < -0.3 is 14.7 Å². The molecule has 5 aromatic rings. The molecule has 1 saturated heterocycles. The lowest BCUT2D eigenvalue weighted by Crippen LogP contribution is -2.37. The lowest BCUT2D eigenvalue weighted by Gasteiger charge is -2.34. The number of fused-ring (bicyclic) bond motifs is 2. The molecule has 0 unspecified atom stereocenters. The third-order valence-electron chi connectivity index (χ3n) is 8.06. The zero-order chi connectivity index (χ0) is 29.5. The monoisotopic (exact) mass is 567 g/mol. The van der Waals surface area contributed by atoms with Crippen molar-refractivity contribution in [3.05, 3.63) is 93.5 Å². The van der Waals surface area contributed by atoms with Gasteiger partial charge in [0.25, 0.3) is 0 Å². The molecule has 1 aliphatic heterocycles. The first-order chi connectivity index (χ1) is 20.2. The first-order valence-electron chi connectivity index (χ1n) is 14.1. The Labute approximate surface area is 243 Å². The van der Waals surface area contributed by atoms with Crippen molar-refractivity contribution in [2.24, 2.45) is 5.92 Å². The summed E-state index contributed by atoms with van der Waals surface area (Å²) in [6.07, 6.45) is 1.82. The fraction of sp³-hybridized carbons (Fsp3) is 0.312. The highest BCUT2D eigenvalue weighted by Gasteiger charge is 2.23. The molecule has 3 heterocycles. The van der Waals surface area contributed by atoms with Crippen LogP contribution in [0.3, 0.4) is 0 Å². The van der Waals surface area contributed by atoms with E-state index in [0.717, 1.165) is 42.5 Å². The van der Waals surface area contributed by atoms with Crippen LogP contribution >= 0.6 is 0 Å². The minimum absolute atomic E-state index is 0.226. The molecule has 0 spiro atoms. The Morgan fingerprint density at radius 2 is 1.40 bits per heavy atom. The average Bonchev–Trinajstić information content (AvgIpc) is 2.98. The maximum Gasteiger partial charge on any atom is 0.354 e. The summed E-state index contributed by atoms with van der Waals surface area (Å²) < 4.78 is 17.6. The van der Waals surface area contributed by atoms with Crippen molar-refractivity contribution in [2.45, 2.75) is 19.4 Å². The lowest BCUT2D eigenvalue weighted by molar-refractivity contribution is 0.355. The van der Waals surface area contributed by atoms with E-state index >= 15 is 0 Å². The Bertz CT molecular complexity index is 1910. The number of para-hydroxylation sites is 1. The molecule has 216 valence electrons. The minimum Gasteiger partial charge on any atom is -0.371 e. The van der Waals surface area contributed by atoms with Gasteiger partial charge in [-0.1, -0.05) is 18.2 Å². The van der Waals surface area contributed by atoms with Crippen LogP contribution in [0.15, 0.2) is 76.3 Å². The molecule has 2 aromatic heterocycles. The number of rotatable bonds is 6. The summed E-state index contributed by atoms with van der Waals surface area (Å²) in [6, 6.07) is 20.1. The van der Waals surface area contributed by atoms with E-state index in [9.17, 15) is 14.0 Å². The van der Waals surface area contributed by atoms with Gasteiger partial charge in [-0.15, -0.1) is 0 Å². The molecule has 42 heavy (non-hydrogen) atoms. The quantitative estimate of drug-likeness (QED) is 0.303. The standard InChI is InChI=1S/C32H34FN7O2/c1-36(2)29-25-10-5-6-11-27(25)39(31(41)34-29)20-21-14-16-38(17-15-21)23-8-7-9-24(19-23)40-28-18-22(33)12-13-26(28)30(37(3)4)35-32(40)42/h5-13,18-19,21H,14-17,20H2,1-4H3. The summed E-state index contributed by atoms with van der Waals surface area (Å²) in [5, 5.41) is 1.66. The number of hydrogen-bond donors (Lipinski definition) is 0. The van der Waals surface area contributed by atoms with Gasteiger partial charge in [0.15, 0.2) is 0 Å². The molecular weight excluding hydrogens is 533 g/mol. The normalized spacial score (nSPS) is 14.1. The van der Waals surface area contributed by atoms with E-state index < -0.39 is 11.5 Å². The number of halogens is 1. The number of anilines is 3. The predicted molar refractivity (Wildman–Crippen MR) is 167 cm³/mol. The smallest absolute Gasteiger partial charge is 0.354 e. The zero-order valence-corrected chi connectivity index (χ0v) is 24.3. The SMILES string of the molecule is CN(C)c1nc(=O)n(CC2CCN(c3cccc(-n4c(=O)nc(N(C)C)c5ccc(F)cc54)c3)CC2)c2ccccc12. The van der Waals surface area contributed by atoms with Gasteiger partial charge >= 0.3 is 11.4 Å². The maximum atomic E-state index is 14.3. The van der Waals surface area contributed by atoms with Gasteiger partial charge in [-0.3, -0.25) is 9.13 Å². The molecule has 0 N–H and O–H groups in total. The van der Waals surface area contributed by atoms with Crippen molar-refractivity contribution in [1.29, 1.82) is 0 Å². The molecule has 0 bridgehead atoms. The number of nitrogens with zero attached hydrogens (tertiary/aromatic N) is 7. The third kappa shape index (κ3) is 4.97. The second-order valence-corrected chi connectivity index (χ2v) is 11.3. The van der Waals surface area contributed by atoms with E-state index in [-0.39, 0.29) is 5.69 Å². The molecule has 0 aliphatic carbocycles. The molecule has 0 atom stereocenters. The van der Waals surface area contributed by atoms with Crippen molar-refractivity contribution in [1.82, 2.24) is 19.1 Å². The molecule has 1 aliphatic rings. The summed E-state index contributed by atoms with van der Waals surface area (Å²) in [5.74, 6) is 1.10. The van der Waals surface area contributed by atoms with Crippen LogP contribution in [0.1, 0.15) is 12.8 Å². The molecule has 9 nitrogen and oxygen atoms in total. The molecule has 0 radical (unpaired) electrons. The Morgan fingerprint density at radius 3 is 2.12 bits per heavy atom. The van der Waals surface area contributed by atoms with Gasteiger partial charge in [0.05, 0.1) is 16.7 Å². The van der Waals surface area contributed by atoms with E-state index in [2.05, 4.69) is 14.9 Å². The Balaban J connectivity index is 1.25. The fourth-order valence-electron chi connectivity index (χ4n) is 5.96. The Kier molecular flexibility index (Phi) is 7.14. The Morgan fingerprint density at radius 1 is 0.762 bits per heavy atom. The third-order valence-corrected chi connectivity index (χ3v) is 8.06. The van der Waals surface area contributed by atoms with Gasteiger partial charge in [0.2, 0.25) is 0 Å². The van der Waals surface area contributed by atoms with Crippen LogP contribution in [-0.4, -0.2) is 60.4 Å². The largest absolute Gasteiger partial charge is 0.371 e. The number of hydrogen-bond acceptors (Lipinski definition) is 7. The summed E-state index contributed by atoms with van der Waals surface area (Å²) in [7, 11) is 7.42. The number of benzene rings is 3. The van der Waals surface area contributed by atoms with Gasteiger partial charge in [0.1, 0.15) is 17.5 Å². The number of piperidine rings is 1. The first-order valence-corrected chi connectivity index (χ1v) is 14.1. The van der Waals surface area contributed by atoms with Crippen LogP contribution in [0.25, 0.3) is 27.5 Å². The van der Waals surface area contributed by atoms with Crippen molar-refractivity contribution in [3.8, 4) is 5.69 Å². The van der Waals surface area contributed by atoms with Gasteiger partial charge in [-0.05, 0) is 67.3 Å². The molecule has 6 rings (SSSR count). The second-order valence-electron chi connectivity index (χ2n) is 11.3. The Hall–Kier alpha value is -4.73. The van der Waals surface area contributed by atoms with Crippen LogP contribution in [-0.2, 0) is 6.54 Å². The lowest BCUT2D eigenvalue weighted by atomic mass is 9.96. The zero-order valence-electron chi connectivity index (χ0n) is 24.3. The van der Waals surface area contributed by atoms with Gasteiger partial charge in [-0.2, -0.15) is 9.97 Å². The molecule has 10 heteroatoms. The van der Waals surface area contributed by atoms with Gasteiger partial charge in [-0.25, -0.2) is 14.0 Å². The van der Waals surface area contributed by atoms with E-state index in [1.807, 2.05) is 86.2 Å². The van der Waals surface area contributed by atoms with Crippen LogP contribution in [0, 0.1) is 11.7 Å². The van der Waals surface area contributed by atoms with Gasteiger partial charge in [0, 0.05) is 64.3 Å². The highest BCUT2D eigenvalue weighted by Crippen LogP contribution is 2.29. The highest BCUT2D eigenvalue weighted by atomic mass is 19.1. The molecular formula is C32H34FN7O2. The van der Waals surface area contributed by atoms with Crippen molar-refractivity contribution in [2.75, 3.05) is 56.0 Å². The van der Waals surface area contributed by atoms with Crippen LogP contribution in [0.2, 0.25) is 0 Å². The molecule has 0 saturated carbocycles. The van der Waals surface area contributed by atoms with E-state index in [0.29, 0.717) is 40.7 Å². The van der Waals surface area contributed by atoms with E-state index in [4.69, 9.17) is 0 Å². The number of aromatic nitrogens is 4. The van der Waals surface area contributed by atoms with E-state index in [1.54, 1.807) is 11.0 Å². The summed E-state index contributed by atoms with van der Waals surface area (Å²) >= 11 is 0. The van der Waals surface area contributed by atoms with Crippen molar-refractivity contribution in [3.63, 3.8) is 0 Å². The van der Waals surface area contributed by atoms with Crippen LogP contribution in [0.5, 0.6) is 0 Å². The fourth-order valence-corrected chi connectivity index (χ4v) is 5.96. The summed E-state index contributed by atoms with van der Waals surface area (Å²) in [5.41, 5.74) is 2.31. The predicted octanol–water partition coefficient (Wildman–Crippen LogP) is 4.28. The van der Waals surface area contributed by atoms with Crippen LogP contribution in [0.4, 0.5) is 21.7 Å². The van der Waals surface area contributed by atoms with Crippen LogP contribution < -0.4 is 26.1 Å². The topological polar surface area (TPSA) is 79.5 Å². The summed E-state index contributed by atoms with van der Waals surface area (Å²) in [4.78, 5) is 40.9. The first kappa shape index (κ1) is 27.4. The second kappa shape index (κ2) is 10.9. The highest BCUT2D eigenvalue weighted by molar-refractivity contribution is 5.91. The molecule has 1 fully saturated rings. The summed E-state index contributed by atoms with van der Waals surface area (Å²) in [6.45, 7) is 2.24. The maximum absolute atomic E-state index is 14.3. The van der Waals surface area contributed by atoms with Crippen molar-refractivity contribution < 1.29 is 4.39 Å². The molecule has 0 amide bonds. The van der Waals surface area contributed by atoms with E-state index in [1.165, 1.54) is 16.7 Å². The molecule has 3 aromatic carbocycles. The minimum atomic E-state index is -0.459. The average molecular weight is 568 g/mol. The van der Waals surface area contributed by atoms with Crippen molar-refractivity contribution >= 4 is 39.1 Å².